The highest BCUT2D eigenvalue weighted by atomic mass is 16.5. The van der Waals surface area contributed by atoms with Gasteiger partial charge in [0.05, 0.1) is 26.1 Å². The lowest BCUT2D eigenvalue weighted by atomic mass is 10.1. The van der Waals surface area contributed by atoms with Crippen LogP contribution in [0.15, 0.2) is 66.9 Å². The Morgan fingerprint density at radius 3 is 2.41 bits per heavy atom. The van der Waals surface area contributed by atoms with E-state index in [1.54, 1.807) is 20.4 Å². The van der Waals surface area contributed by atoms with Gasteiger partial charge in [-0.3, -0.25) is 4.79 Å². The molecule has 6 heteroatoms. The number of amides is 1. The molecule has 1 aromatic heterocycles. The van der Waals surface area contributed by atoms with Crippen LogP contribution >= 0.6 is 0 Å². The molecule has 0 radical (unpaired) electrons. The van der Waals surface area contributed by atoms with Crippen LogP contribution in [0.4, 0.5) is 11.5 Å². The van der Waals surface area contributed by atoms with Crippen molar-refractivity contribution >= 4 is 17.4 Å². The molecule has 150 valence electrons. The number of rotatable bonds is 9. The van der Waals surface area contributed by atoms with E-state index < -0.39 is 0 Å². The number of nitrogens with one attached hydrogen (secondary N) is 2. The first kappa shape index (κ1) is 20.2. The van der Waals surface area contributed by atoms with Gasteiger partial charge in [-0.2, -0.15) is 0 Å². The molecule has 0 spiro atoms. The highest BCUT2D eigenvalue weighted by Crippen LogP contribution is 2.27. The van der Waals surface area contributed by atoms with Crippen LogP contribution in [-0.4, -0.2) is 25.1 Å². The molecule has 0 atom stereocenters. The number of aryl methyl sites for hydroxylation is 1. The molecule has 0 bridgehead atoms. The standard InChI is InChI=1S/C23H25N3O3/c1-28-20-11-8-18(14-21(20)29-2)15-24-22-12-10-19(16-25-22)26-23(27)13-9-17-6-4-3-5-7-17/h3-8,10-12,14,16H,9,13,15H2,1-2H3,(H,24,25)(H,26,27). The molecule has 0 saturated heterocycles. The fraction of sp³-hybridized carbons (Fsp3) is 0.217. The van der Waals surface area contributed by atoms with Crippen molar-refractivity contribution in [1.82, 2.24) is 4.98 Å². The van der Waals surface area contributed by atoms with Crippen LogP contribution in [-0.2, 0) is 17.8 Å². The van der Waals surface area contributed by atoms with Crippen LogP contribution in [0.25, 0.3) is 0 Å². The summed E-state index contributed by atoms with van der Waals surface area (Å²) in [6, 6.07) is 19.4. The molecule has 2 N–H and O–H groups in total. The van der Waals surface area contributed by atoms with E-state index in [0.29, 0.717) is 36.6 Å². The van der Waals surface area contributed by atoms with Crippen LogP contribution in [0.2, 0.25) is 0 Å². The van der Waals surface area contributed by atoms with Gasteiger partial charge in [-0.25, -0.2) is 4.98 Å². The van der Waals surface area contributed by atoms with E-state index in [1.165, 1.54) is 0 Å². The maximum absolute atomic E-state index is 12.1. The number of pyridine rings is 1. The van der Waals surface area contributed by atoms with Crippen molar-refractivity contribution in [2.75, 3.05) is 24.9 Å². The van der Waals surface area contributed by atoms with Gasteiger partial charge in [0, 0.05) is 13.0 Å². The van der Waals surface area contributed by atoms with Gasteiger partial charge in [-0.15, -0.1) is 0 Å². The van der Waals surface area contributed by atoms with Crippen molar-refractivity contribution in [3.8, 4) is 11.5 Å². The quantitative estimate of drug-likeness (QED) is 0.570. The van der Waals surface area contributed by atoms with Gasteiger partial charge < -0.3 is 20.1 Å². The van der Waals surface area contributed by atoms with E-state index in [2.05, 4.69) is 15.6 Å². The van der Waals surface area contributed by atoms with Crippen LogP contribution < -0.4 is 20.1 Å². The zero-order chi connectivity index (χ0) is 20.5. The summed E-state index contributed by atoms with van der Waals surface area (Å²) in [5.41, 5.74) is 2.87. The Bertz CT molecular complexity index is 928. The highest BCUT2D eigenvalue weighted by Gasteiger charge is 2.06. The van der Waals surface area contributed by atoms with Crippen LogP contribution in [0.1, 0.15) is 17.5 Å². The summed E-state index contributed by atoms with van der Waals surface area (Å²) >= 11 is 0. The Morgan fingerprint density at radius 2 is 1.72 bits per heavy atom. The Balaban J connectivity index is 1.49. The van der Waals surface area contributed by atoms with Crippen molar-refractivity contribution in [2.24, 2.45) is 0 Å². The molecule has 0 unspecified atom stereocenters. The van der Waals surface area contributed by atoms with Gasteiger partial charge in [0.2, 0.25) is 5.91 Å². The summed E-state index contributed by atoms with van der Waals surface area (Å²) in [6.45, 7) is 0.593. The van der Waals surface area contributed by atoms with Crippen molar-refractivity contribution in [1.29, 1.82) is 0 Å². The second-order valence-corrected chi connectivity index (χ2v) is 6.51. The molecule has 1 amide bonds. The summed E-state index contributed by atoms with van der Waals surface area (Å²) in [5, 5.41) is 6.14. The number of nitrogens with zero attached hydrogens (tertiary/aromatic N) is 1. The van der Waals surface area contributed by atoms with Crippen molar-refractivity contribution in [2.45, 2.75) is 19.4 Å². The van der Waals surface area contributed by atoms with Gasteiger partial charge in [0.25, 0.3) is 0 Å². The Labute approximate surface area is 170 Å². The fourth-order valence-corrected chi connectivity index (χ4v) is 2.88. The van der Waals surface area contributed by atoms with Gasteiger partial charge in [-0.1, -0.05) is 36.4 Å². The molecule has 29 heavy (non-hydrogen) atoms. The minimum absolute atomic E-state index is 0.0262. The van der Waals surface area contributed by atoms with E-state index in [0.717, 1.165) is 16.9 Å². The Hall–Kier alpha value is -3.54. The van der Waals surface area contributed by atoms with Gasteiger partial charge in [-0.05, 0) is 41.8 Å². The highest BCUT2D eigenvalue weighted by molar-refractivity contribution is 5.90. The van der Waals surface area contributed by atoms with Crippen LogP contribution in [0.3, 0.4) is 0 Å². The molecule has 3 rings (SSSR count). The largest absolute Gasteiger partial charge is 0.493 e. The number of carbonyl (C=O) groups excluding carboxylic acids is 1. The summed E-state index contributed by atoms with van der Waals surface area (Å²) in [7, 11) is 3.23. The average molecular weight is 391 g/mol. The third-order valence-electron chi connectivity index (χ3n) is 4.45. The van der Waals surface area contributed by atoms with E-state index in [9.17, 15) is 4.79 Å². The minimum atomic E-state index is -0.0262. The number of aromatic nitrogens is 1. The minimum Gasteiger partial charge on any atom is -0.493 e. The molecular weight excluding hydrogens is 366 g/mol. The zero-order valence-electron chi connectivity index (χ0n) is 16.6. The van der Waals surface area contributed by atoms with Gasteiger partial charge >= 0.3 is 0 Å². The molecule has 6 nitrogen and oxygen atoms in total. The lowest BCUT2D eigenvalue weighted by Gasteiger charge is -2.11. The molecule has 0 fully saturated rings. The van der Waals surface area contributed by atoms with Crippen molar-refractivity contribution in [3.63, 3.8) is 0 Å². The number of hydrogen-bond donors (Lipinski definition) is 2. The topological polar surface area (TPSA) is 72.5 Å². The van der Waals surface area contributed by atoms with Crippen LogP contribution in [0.5, 0.6) is 11.5 Å². The number of benzene rings is 2. The third-order valence-corrected chi connectivity index (χ3v) is 4.45. The number of methoxy groups -OCH3 is 2. The molecule has 0 saturated carbocycles. The first-order valence-corrected chi connectivity index (χ1v) is 9.42. The van der Waals surface area contributed by atoms with Gasteiger partial charge in [0.15, 0.2) is 11.5 Å². The number of hydrogen-bond acceptors (Lipinski definition) is 5. The third kappa shape index (κ3) is 5.97. The maximum atomic E-state index is 12.1. The first-order chi connectivity index (χ1) is 14.2. The van der Waals surface area contributed by atoms with E-state index in [1.807, 2.05) is 60.7 Å². The maximum Gasteiger partial charge on any atom is 0.224 e. The smallest absolute Gasteiger partial charge is 0.224 e. The molecule has 0 aliphatic heterocycles. The number of ether oxygens (including phenoxy) is 2. The molecule has 0 aliphatic carbocycles. The molecule has 3 aromatic rings. The fourth-order valence-electron chi connectivity index (χ4n) is 2.88. The summed E-state index contributed by atoms with van der Waals surface area (Å²) < 4.78 is 10.6. The predicted molar refractivity (Wildman–Crippen MR) is 115 cm³/mol. The molecule has 1 heterocycles. The van der Waals surface area contributed by atoms with E-state index in [-0.39, 0.29) is 5.91 Å². The van der Waals surface area contributed by atoms with Gasteiger partial charge in [0.1, 0.15) is 5.82 Å². The monoisotopic (exact) mass is 391 g/mol. The van der Waals surface area contributed by atoms with Crippen molar-refractivity contribution in [3.05, 3.63) is 78.0 Å². The average Bonchev–Trinajstić information content (AvgIpc) is 2.77. The SMILES string of the molecule is COc1ccc(CNc2ccc(NC(=O)CCc3ccccc3)cn2)cc1OC. The second-order valence-electron chi connectivity index (χ2n) is 6.51. The summed E-state index contributed by atoms with van der Waals surface area (Å²) in [6.07, 6.45) is 2.80. The molecule has 0 aliphatic rings. The van der Waals surface area contributed by atoms with Crippen molar-refractivity contribution < 1.29 is 14.3 Å². The normalized spacial score (nSPS) is 10.3. The zero-order valence-corrected chi connectivity index (χ0v) is 16.6. The number of anilines is 2. The number of carbonyl (C=O) groups is 1. The second kappa shape index (κ2) is 10.1. The first-order valence-electron chi connectivity index (χ1n) is 9.42. The lowest BCUT2D eigenvalue weighted by molar-refractivity contribution is -0.116. The molecular formula is C23H25N3O3. The van der Waals surface area contributed by atoms with Crippen LogP contribution in [0, 0.1) is 0 Å². The summed E-state index contributed by atoms with van der Waals surface area (Å²) in [5.74, 6) is 2.08. The lowest BCUT2D eigenvalue weighted by Crippen LogP contribution is -2.12. The van der Waals surface area contributed by atoms with E-state index >= 15 is 0 Å². The Morgan fingerprint density at radius 1 is 0.931 bits per heavy atom. The van der Waals surface area contributed by atoms with E-state index in [4.69, 9.17) is 9.47 Å². The predicted octanol–water partition coefficient (Wildman–Crippen LogP) is 4.28. The summed E-state index contributed by atoms with van der Waals surface area (Å²) in [4.78, 5) is 16.5. The molecule has 2 aromatic carbocycles. The Kier molecular flexibility index (Phi) is 7.05.